The first-order valence-electron chi connectivity index (χ1n) is 6.68. The van der Waals surface area contributed by atoms with E-state index in [1.807, 2.05) is 11.7 Å². The lowest BCUT2D eigenvalue weighted by Gasteiger charge is -2.16. The number of hydrogen-bond acceptors (Lipinski definition) is 2. The van der Waals surface area contributed by atoms with Gasteiger partial charge in [-0.15, -0.1) is 0 Å². The fourth-order valence-electron chi connectivity index (χ4n) is 2.74. The number of rotatable bonds is 2. The van der Waals surface area contributed by atoms with Gasteiger partial charge >= 0.3 is 0 Å². The summed E-state index contributed by atoms with van der Waals surface area (Å²) in [7, 11) is 1.98. The predicted octanol–water partition coefficient (Wildman–Crippen LogP) is 3.09. The highest BCUT2D eigenvalue weighted by molar-refractivity contribution is 5.77. The molecule has 0 fully saturated rings. The summed E-state index contributed by atoms with van der Waals surface area (Å²) in [5.74, 6) is 0. The van der Waals surface area contributed by atoms with Crippen molar-refractivity contribution in [3.63, 3.8) is 0 Å². The Morgan fingerprint density at radius 3 is 2.00 bits per heavy atom. The molecule has 0 radical (unpaired) electrons. The molecule has 0 spiro atoms. The molecule has 0 bridgehead atoms. The van der Waals surface area contributed by atoms with Gasteiger partial charge in [-0.1, -0.05) is 6.07 Å². The van der Waals surface area contributed by atoms with Crippen LogP contribution in [0, 0.1) is 34.6 Å². The average Bonchev–Trinajstić information content (AvgIpc) is 2.64. The third kappa shape index (κ3) is 2.08. The lowest BCUT2D eigenvalue weighted by molar-refractivity contribution is 0.721. The molecule has 0 atom stereocenters. The summed E-state index contributed by atoms with van der Waals surface area (Å²) in [4.78, 5) is 0. The van der Waals surface area contributed by atoms with Gasteiger partial charge in [-0.05, 0) is 62.4 Å². The van der Waals surface area contributed by atoms with Crippen LogP contribution in [0.3, 0.4) is 0 Å². The van der Waals surface area contributed by atoms with Crippen LogP contribution in [-0.4, -0.2) is 9.78 Å². The van der Waals surface area contributed by atoms with E-state index in [-0.39, 0.29) is 0 Å². The van der Waals surface area contributed by atoms with Crippen LogP contribution in [-0.2, 0) is 13.6 Å². The molecule has 2 N–H and O–H groups in total. The number of aromatic nitrogens is 2. The van der Waals surface area contributed by atoms with Crippen LogP contribution in [0.15, 0.2) is 6.07 Å². The highest BCUT2D eigenvalue weighted by Crippen LogP contribution is 2.35. The van der Waals surface area contributed by atoms with Gasteiger partial charge in [0.15, 0.2) is 0 Å². The number of aryl methyl sites for hydroxylation is 3. The first-order valence-corrected chi connectivity index (χ1v) is 6.68. The Kier molecular flexibility index (Phi) is 3.50. The molecular weight excluding hydrogens is 234 g/mol. The standard InChI is InChI=1S/C16H23N3/c1-9-7-10(2)12(4)15(11(9)3)16-13(5)19(6)18-14(16)8-17/h7H,8,17H2,1-6H3. The molecule has 19 heavy (non-hydrogen) atoms. The molecule has 0 aliphatic heterocycles. The van der Waals surface area contributed by atoms with Crippen LogP contribution in [0.5, 0.6) is 0 Å². The summed E-state index contributed by atoms with van der Waals surface area (Å²) in [6.07, 6.45) is 0. The molecule has 2 aromatic rings. The van der Waals surface area contributed by atoms with Gasteiger partial charge in [-0.3, -0.25) is 4.68 Å². The van der Waals surface area contributed by atoms with Crippen molar-refractivity contribution in [1.29, 1.82) is 0 Å². The minimum Gasteiger partial charge on any atom is -0.325 e. The van der Waals surface area contributed by atoms with Crippen LogP contribution in [0.1, 0.15) is 33.6 Å². The second kappa shape index (κ2) is 4.82. The number of nitrogens with zero attached hydrogens (tertiary/aromatic N) is 2. The van der Waals surface area contributed by atoms with E-state index in [0.29, 0.717) is 6.54 Å². The molecule has 0 aliphatic rings. The van der Waals surface area contributed by atoms with Gasteiger partial charge in [0.05, 0.1) is 5.69 Å². The third-order valence-corrected chi connectivity index (χ3v) is 4.22. The summed E-state index contributed by atoms with van der Waals surface area (Å²) >= 11 is 0. The van der Waals surface area contributed by atoms with Crippen molar-refractivity contribution < 1.29 is 0 Å². The Balaban J connectivity index is 2.86. The highest BCUT2D eigenvalue weighted by atomic mass is 15.3. The maximum atomic E-state index is 5.87. The third-order valence-electron chi connectivity index (χ3n) is 4.22. The fourth-order valence-corrected chi connectivity index (χ4v) is 2.74. The molecule has 0 saturated carbocycles. The van der Waals surface area contributed by atoms with E-state index in [9.17, 15) is 0 Å². The van der Waals surface area contributed by atoms with Crippen molar-refractivity contribution in [3.8, 4) is 11.1 Å². The molecule has 1 aromatic heterocycles. The number of benzene rings is 1. The number of nitrogens with two attached hydrogens (primary N) is 1. The van der Waals surface area contributed by atoms with Crippen molar-refractivity contribution in [3.05, 3.63) is 39.7 Å². The summed E-state index contributed by atoms with van der Waals surface area (Å²) in [6.45, 7) is 11.3. The average molecular weight is 257 g/mol. The molecule has 3 heteroatoms. The van der Waals surface area contributed by atoms with Crippen molar-refractivity contribution >= 4 is 0 Å². The lowest BCUT2D eigenvalue weighted by Crippen LogP contribution is -2.02. The van der Waals surface area contributed by atoms with E-state index in [2.05, 4.69) is 45.8 Å². The van der Waals surface area contributed by atoms with Gasteiger partial charge in [0.1, 0.15) is 0 Å². The zero-order chi connectivity index (χ0) is 14.3. The second-order valence-electron chi connectivity index (χ2n) is 5.37. The highest BCUT2D eigenvalue weighted by Gasteiger charge is 2.19. The molecule has 0 aliphatic carbocycles. The van der Waals surface area contributed by atoms with Crippen LogP contribution in [0.4, 0.5) is 0 Å². The summed E-state index contributed by atoms with van der Waals surface area (Å²) in [5.41, 5.74) is 15.9. The SMILES string of the molecule is Cc1cc(C)c(C)c(-c2c(CN)nn(C)c2C)c1C. The Morgan fingerprint density at radius 2 is 1.53 bits per heavy atom. The maximum absolute atomic E-state index is 5.87. The van der Waals surface area contributed by atoms with E-state index in [1.165, 1.54) is 39.1 Å². The zero-order valence-corrected chi connectivity index (χ0v) is 12.8. The van der Waals surface area contributed by atoms with Gasteiger partial charge < -0.3 is 5.73 Å². The Hall–Kier alpha value is -1.61. The Bertz CT molecular complexity index is 610. The first-order chi connectivity index (χ1) is 8.88. The van der Waals surface area contributed by atoms with Gasteiger partial charge in [-0.25, -0.2) is 0 Å². The smallest absolute Gasteiger partial charge is 0.0841 e. The minimum atomic E-state index is 0.475. The molecular formula is C16H23N3. The van der Waals surface area contributed by atoms with Gasteiger partial charge in [-0.2, -0.15) is 5.10 Å². The van der Waals surface area contributed by atoms with E-state index < -0.39 is 0 Å². The normalized spacial score (nSPS) is 11.1. The minimum absolute atomic E-state index is 0.475. The lowest BCUT2D eigenvalue weighted by atomic mass is 9.88. The summed E-state index contributed by atoms with van der Waals surface area (Å²) < 4.78 is 1.92. The van der Waals surface area contributed by atoms with Crippen molar-refractivity contribution in [2.45, 2.75) is 41.2 Å². The largest absolute Gasteiger partial charge is 0.325 e. The number of hydrogen-bond donors (Lipinski definition) is 1. The molecule has 0 amide bonds. The molecule has 2 rings (SSSR count). The quantitative estimate of drug-likeness (QED) is 0.898. The molecule has 0 unspecified atom stereocenters. The van der Waals surface area contributed by atoms with Crippen molar-refractivity contribution in [2.24, 2.45) is 12.8 Å². The molecule has 3 nitrogen and oxygen atoms in total. The molecule has 1 heterocycles. The van der Waals surface area contributed by atoms with Gasteiger partial charge in [0.2, 0.25) is 0 Å². The molecule has 102 valence electrons. The van der Waals surface area contributed by atoms with Crippen molar-refractivity contribution in [2.75, 3.05) is 0 Å². The summed E-state index contributed by atoms with van der Waals surface area (Å²) in [6, 6.07) is 2.25. The van der Waals surface area contributed by atoms with E-state index in [4.69, 9.17) is 5.73 Å². The monoisotopic (exact) mass is 257 g/mol. The maximum Gasteiger partial charge on any atom is 0.0841 e. The molecule has 0 saturated heterocycles. The van der Waals surface area contributed by atoms with Crippen LogP contribution < -0.4 is 5.73 Å². The topological polar surface area (TPSA) is 43.8 Å². The van der Waals surface area contributed by atoms with E-state index >= 15 is 0 Å². The van der Waals surface area contributed by atoms with Gasteiger partial charge in [0, 0.05) is 24.8 Å². The Morgan fingerprint density at radius 1 is 1.00 bits per heavy atom. The van der Waals surface area contributed by atoms with E-state index in [0.717, 1.165) is 5.69 Å². The van der Waals surface area contributed by atoms with Gasteiger partial charge in [0.25, 0.3) is 0 Å². The second-order valence-corrected chi connectivity index (χ2v) is 5.37. The predicted molar refractivity (Wildman–Crippen MR) is 80.2 cm³/mol. The fraction of sp³-hybridized carbons (Fsp3) is 0.438. The Labute approximate surface area is 115 Å². The van der Waals surface area contributed by atoms with Crippen molar-refractivity contribution in [1.82, 2.24) is 9.78 Å². The first kappa shape index (κ1) is 13.8. The summed E-state index contributed by atoms with van der Waals surface area (Å²) in [5, 5.41) is 4.54. The zero-order valence-electron chi connectivity index (χ0n) is 12.8. The van der Waals surface area contributed by atoms with Crippen LogP contribution >= 0.6 is 0 Å². The van der Waals surface area contributed by atoms with Crippen LogP contribution in [0.25, 0.3) is 11.1 Å². The molecule has 1 aromatic carbocycles. The van der Waals surface area contributed by atoms with E-state index in [1.54, 1.807) is 0 Å². The van der Waals surface area contributed by atoms with Crippen LogP contribution in [0.2, 0.25) is 0 Å².